The van der Waals surface area contributed by atoms with E-state index < -0.39 is 12.5 Å². The van der Waals surface area contributed by atoms with E-state index in [9.17, 15) is 8.78 Å². The summed E-state index contributed by atoms with van der Waals surface area (Å²) in [5.74, 6) is -2.70. The van der Waals surface area contributed by atoms with Crippen molar-refractivity contribution in [1.82, 2.24) is 0 Å². The van der Waals surface area contributed by atoms with Crippen LogP contribution in [0, 0.1) is 10.8 Å². The van der Waals surface area contributed by atoms with Crippen molar-refractivity contribution in [3.05, 3.63) is 0 Å². The first-order valence-corrected chi connectivity index (χ1v) is 5.87. The number of hydrogen-bond donors (Lipinski definition) is 0. The molecule has 0 fully saturated rings. The summed E-state index contributed by atoms with van der Waals surface area (Å²) in [7, 11) is 0. The summed E-state index contributed by atoms with van der Waals surface area (Å²) < 4.78 is 31.9. The third-order valence-corrected chi connectivity index (χ3v) is 2.09. The zero-order chi connectivity index (χ0) is 13.0. The average molecular weight is 236 g/mol. The zero-order valence-corrected chi connectivity index (χ0v) is 11.5. The van der Waals surface area contributed by atoms with Gasteiger partial charge in [-0.05, 0) is 17.3 Å². The molecule has 0 aliphatic carbocycles. The summed E-state index contributed by atoms with van der Waals surface area (Å²) >= 11 is 0. The van der Waals surface area contributed by atoms with Crippen molar-refractivity contribution >= 4 is 0 Å². The number of rotatable bonds is 5. The Morgan fingerprint density at radius 3 is 1.62 bits per heavy atom. The molecule has 16 heavy (non-hydrogen) atoms. The Morgan fingerprint density at radius 2 is 1.25 bits per heavy atom. The van der Waals surface area contributed by atoms with E-state index in [1.54, 1.807) is 0 Å². The topological polar surface area (TPSA) is 9.23 Å². The van der Waals surface area contributed by atoms with Gasteiger partial charge in [0, 0.05) is 6.42 Å². The van der Waals surface area contributed by atoms with Crippen LogP contribution in [-0.2, 0) is 4.74 Å². The second-order valence-electron chi connectivity index (χ2n) is 6.97. The highest BCUT2D eigenvalue weighted by molar-refractivity contribution is 4.71. The van der Waals surface area contributed by atoms with Gasteiger partial charge in [0.2, 0.25) is 0 Å². The summed E-state index contributed by atoms with van der Waals surface area (Å²) in [5, 5.41) is 0. The number of ether oxygens (including phenoxy) is 1. The monoisotopic (exact) mass is 236 g/mol. The Kier molecular flexibility index (Phi) is 5.37. The van der Waals surface area contributed by atoms with Crippen molar-refractivity contribution in [1.29, 1.82) is 0 Å². The maximum Gasteiger partial charge on any atom is 0.271 e. The first-order chi connectivity index (χ1) is 6.91. The van der Waals surface area contributed by atoms with Crippen molar-refractivity contribution in [2.75, 3.05) is 13.2 Å². The molecular formula is C13H26F2O. The van der Waals surface area contributed by atoms with Crippen LogP contribution < -0.4 is 0 Å². The minimum atomic E-state index is -2.70. The lowest BCUT2D eigenvalue weighted by atomic mass is 9.89. The van der Waals surface area contributed by atoms with Gasteiger partial charge >= 0.3 is 0 Å². The molecule has 1 nitrogen and oxygen atoms in total. The molecule has 0 unspecified atom stereocenters. The van der Waals surface area contributed by atoms with Crippen molar-refractivity contribution in [3.8, 4) is 0 Å². The molecule has 0 spiro atoms. The standard InChI is InChI=1S/C13H26F2O/c1-11(2,3)7-8-13(14,15)10-16-9-12(4,5)6/h7-10H2,1-6H3. The van der Waals surface area contributed by atoms with E-state index in [1.807, 2.05) is 41.5 Å². The van der Waals surface area contributed by atoms with Crippen LogP contribution in [0.25, 0.3) is 0 Å². The van der Waals surface area contributed by atoms with E-state index in [4.69, 9.17) is 4.74 Å². The van der Waals surface area contributed by atoms with Gasteiger partial charge in [-0.15, -0.1) is 0 Å². The Labute approximate surface area is 98.6 Å². The van der Waals surface area contributed by atoms with E-state index in [0.29, 0.717) is 13.0 Å². The van der Waals surface area contributed by atoms with Gasteiger partial charge in [-0.2, -0.15) is 0 Å². The minimum absolute atomic E-state index is 0.0482. The number of hydrogen-bond acceptors (Lipinski definition) is 1. The Hall–Kier alpha value is -0.180. The van der Waals surface area contributed by atoms with Gasteiger partial charge in [-0.1, -0.05) is 41.5 Å². The molecule has 0 aliphatic rings. The third-order valence-electron chi connectivity index (χ3n) is 2.09. The second kappa shape index (κ2) is 5.44. The Balaban J connectivity index is 3.88. The van der Waals surface area contributed by atoms with Crippen LogP contribution in [0.5, 0.6) is 0 Å². The summed E-state index contributed by atoms with van der Waals surface area (Å²) in [4.78, 5) is 0. The Morgan fingerprint density at radius 1 is 0.750 bits per heavy atom. The molecule has 0 saturated carbocycles. The quantitative estimate of drug-likeness (QED) is 0.682. The van der Waals surface area contributed by atoms with E-state index in [0.717, 1.165) is 0 Å². The lowest BCUT2D eigenvalue weighted by Gasteiger charge is -2.24. The normalized spacial score (nSPS) is 14.2. The molecular weight excluding hydrogens is 210 g/mol. The molecule has 0 bridgehead atoms. The first kappa shape index (κ1) is 15.8. The van der Waals surface area contributed by atoms with Crippen LogP contribution in [0.15, 0.2) is 0 Å². The summed E-state index contributed by atoms with van der Waals surface area (Å²) in [6, 6.07) is 0. The summed E-state index contributed by atoms with van der Waals surface area (Å²) in [6.45, 7) is 11.7. The zero-order valence-electron chi connectivity index (χ0n) is 11.5. The average Bonchev–Trinajstić information content (AvgIpc) is 1.97. The molecule has 98 valence electrons. The molecule has 0 atom stereocenters. The highest BCUT2D eigenvalue weighted by Crippen LogP contribution is 2.29. The molecule has 0 aromatic carbocycles. The lowest BCUT2D eigenvalue weighted by molar-refractivity contribution is -0.0976. The van der Waals surface area contributed by atoms with E-state index in [-0.39, 0.29) is 17.3 Å². The lowest BCUT2D eigenvalue weighted by Crippen LogP contribution is -2.28. The van der Waals surface area contributed by atoms with Crippen LogP contribution in [0.4, 0.5) is 8.78 Å². The highest BCUT2D eigenvalue weighted by atomic mass is 19.3. The summed E-state index contributed by atoms with van der Waals surface area (Å²) in [5.41, 5.74) is -0.104. The van der Waals surface area contributed by atoms with E-state index in [1.165, 1.54) is 0 Å². The first-order valence-electron chi connectivity index (χ1n) is 5.87. The van der Waals surface area contributed by atoms with Crippen molar-refractivity contribution < 1.29 is 13.5 Å². The van der Waals surface area contributed by atoms with Crippen molar-refractivity contribution in [2.24, 2.45) is 10.8 Å². The van der Waals surface area contributed by atoms with Gasteiger partial charge in [0.25, 0.3) is 5.92 Å². The highest BCUT2D eigenvalue weighted by Gasteiger charge is 2.31. The van der Waals surface area contributed by atoms with Crippen LogP contribution in [0.2, 0.25) is 0 Å². The van der Waals surface area contributed by atoms with Gasteiger partial charge < -0.3 is 4.74 Å². The third kappa shape index (κ3) is 10.3. The summed E-state index contributed by atoms with van der Waals surface area (Å²) in [6.07, 6.45) is 0.416. The number of halogens is 2. The van der Waals surface area contributed by atoms with E-state index >= 15 is 0 Å². The molecule has 0 aromatic heterocycles. The molecule has 0 radical (unpaired) electrons. The van der Waals surface area contributed by atoms with Gasteiger partial charge in [-0.25, -0.2) is 8.78 Å². The van der Waals surface area contributed by atoms with Gasteiger partial charge in [0.05, 0.1) is 6.61 Å². The molecule has 0 aliphatic heterocycles. The van der Waals surface area contributed by atoms with Crippen LogP contribution in [0.3, 0.4) is 0 Å². The number of alkyl halides is 2. The molecule has 0 N–H and O–H groups in total. The minimum Gasteiger partial charge on any atom is -0.375 e. The van der Waals surface area contributed by atoms with Crippen LogP contribution >= 0.6 is 0 Å². The maximum absolute atomic E-state index is 13.4. The van der Waals surface area contributed by atoms with Gasteiger partial charge in [0.15, 0.2) is 0 Å². The SMILES string of the molecule is CC(C)(C)CCC(F)(F)COCC(C)(C)C. The van der Waals surface area contributed by atoms with Crippen LogP contribution in [0.1, 0.15) is 54.4 Å². The smallest absolute Gasteiger partial charge is 0.271 e. The Bertz CT molecular complexity index is 199. The predicted molar refractivity (Wildman–Crippen MR) is 63.9 cm³/mol. The second-order valence-corrected chi connectivity index (χ2v) is 6.97. The van der Waals surface area contributed by atoms with Crippen LogP contribution in [-0.4, -0.2) is 19.1 Å². The fraction of sp³-hybridized carbons (Fsp3) is 1.00. The van der Waals surface area contributed by atoms with Gasteiger partial charge in [-0.3, -0.25) is 0 Å². The fourth-order valence-corrected chi connectivity index (χ4v) is 1.14. The van der Waals surface area contributed by atoms with Gasteiger partial charge in [0.1, 0.15) is 6.61 Å². The molecule has 0 rings (SSSR count). The molecule has 0 saturated heterocycles. The molecule has 0 aromatic rings. The maximum atomic E-state index is 13.4. The largest absolute Gasteiger partial charge is 0.375 e. The van der Waals surface area contributed by atoms with Crippen molar-refractivity contribution in [3.63, 3.8) is 0 Å². The predicted octanol–water partition coefficient (Wildman–Crippen LogP) is 4.51. The van der Waals surface area contributed by atoms with E-state index in [2.05, 4.69) is 0 Å². The molecule has 0 heterocycles. The van der Waals surface area contributed by atoms with Crippen molar-refractivity contribution in [2.45, 2.75) is 60.3 Å². The fourth-order valence-electron chi connectivity index (χ4n) is 1.14. The molecule has 0 amide bonds. The molecule has 3 heteroatoms.